The van der Waals surface area contributed by atoms with Crippen molar-refractivity contribution in [2.75, 3.05) is 0 Å². The van der Waals surface area contributed by atoms with E-state index in [2.05, 4.69) is 35.1 Å². The highest BCUT2D eigenvalue weighted by Gasteiger charge is 2.40. The van der Waals surface area contributed by atoms with Crippen LogP contribution in [-0.2, 0) is 4.79 Å². The normalized spacial score (nSPS) is 23.6. The monoisotopic (exact) mass is 364 g/mol. The summed E-state index contributed by atoms with van der Waals surface area (Å²) in [5.41, 5.74) is 4.31. The Kier molecular flexibility index (Phi) is 5.10. The molecule has 27 heavy (non-hydrogen) atoms. The summed E-state index contributed by atoms with van der Waals surface area (Å²) in [5, 5.41) is 3.14. The number of rotatable bonds is 4. The van der Waals surface area contributed by atoms with Gasteiger partial charge in [-0.2, -0.15) is 0 Å². The van der Waals surface area contributed by atoms with Gasteiger partial charge in [0.25, 0.3) is 0 Å². The fourth-order valence-corrected chi connectivity index (χ4v) is 4.53. The zero-order valence-electron chi connectivity index (χ0n) is 16.2. The molecule has 1 amide bonds. The lowest BCUT2D eigenvalue weighted by Crippen LogP contribution is -2.59. The number of pyridine rings is 1. The van der Waals surface area contributed by atoms with Crippen molar-refractivity contribution < 1.29 is 4.79 Å². The molecular weight excluding hydrogens is 336 g/mol. The lowest BCUT2D eigenvalue weighted by Gasteiger charge is -2.42. The lowest BCUT2D eigenvalue weighted by atomic mass is 10.0. The largest absolute Gasteiger partial charge is 0.340 e. The summed E-state index contributed by atoms with van der Waals surface area (Å²) >= 11 is 0. The van der Waals surface area contributed by atoms with E-state index in [4.69, 9.17) is 4.99 Å². The summed E-state index contributed by atoms with van der Waals surface area (Å²) in [6, 6.07) is 4.33. The van der Waals surface area contributed by atoms with Gasteiger partial charge in [-0.15, -0.1) is 0 Å². The SMILES string of the molecule is CCC1=C(c2ccncc2)N=C2C(=CC1)NC(=O)C(CC)N2C1CCCC1. The van der Waals surface area contributed by atoms with Gasteiger partial charge >= 0.3 is 0 Å². The van der Waals surface area contributed by atoms with Crippen LogP contribution in [-0.4, -0.2) is 33.7 Å². The molecule has 2 aliphatic heterocycles. The third kappa shape index (κ3) is 3.31. The van der Waals surface area contributed by atoms with Gasteiger partial charge in [-0.25, -0.2) is 4.99 Å². The number of hydrogen-bond donors (Lipinski definition) is 1. The molecule has 0 aromatic carbocycles. The Morgan fingerprint density at radius 3 is 2.59 bits per heavy atom. The molecule has 1 atom stereocenters. The van der Waals surface area contributed by atoms with Gasteiger partial charge in [0, 0.05) is 24.0 Å². The molecule has 0 radical (unpaired) electrons. The van der Waals surface area contributed by atoms with E-state index in [-0.39, 0.29) is 11.9 Å². The van der Waals surface area contributed by atoms with E-state index >= 15 is 0 Å². The van der Waals surface area contributed by atoms with Crippen molar-refractivity contribution in [3.63, 3.8) is 0 Å². The highest BCUT2D eigenvalue weighted by Crippen LogP contribution is 2.34. The molecule has 5 nitrogen and oxygen atoms in total. The number of nitrogens with zero attached hydrogens (tertiary/aromatic N) is 3. The molecule has 0 bridgehead atoms. The van der Waals surface area contributed by atoms with Crippen LogP contribution in [0.1, 0.15) is 64.4 Å². The zero-order valence-corrected chi connectivity index (χ0v) is 16.2. The molecule has 1 aromatic heterocycles. The summed E-state index contributed by atoms with van der Waals surface area (Å²) in [7, 11) is 0. The number of allylic oxidation sites excluding steroid dienone is 2. The van der Waals surface area contributed by atoms with E-state index in [1.54, 1.807) is 0 Å². The number of hydrogen-bond acceptors (Lipinski definition) is 4. The van der Waals surface area contributed by atoms with E-state index in [1.165, 1.54) is 18.4 Å². The molecule has 5 heteroatoms. The Morgan fingerprint density at radius 1 is 1.19 bits per heavy atom. The van der Waals surface area contributed by atoms with Crippen LogP contribution in [0.15, 0.2) is 46.9 Å². The van der Waals surface area contributed by atoms with Crippen LogP contribution in [0, 0.1) is 0 Å². The van der Waals surface area contributed by atoms with Gasteiger partial charge in [0.1, 0.15) is 6.04 Å². The van der Waals surface area contributed by atoms with Crippen LogP contribution in [0.4, 0.5) is 0 Å². The number of piperazine rings is 1. The summed E-state index contributed by atoms with van der Waals surface area (Å²) in [6.07, 6.45) is 13.1. The molecule has 1 unspecified atom stereocenters. The third-order valence-electron chi connectivity index (χ3n) is 5.97. The number of nitrogens with one attached hydrogen (secondary N) is 1. The average Bonchev–Trinajstić information content (AvgIpc) is 3.16. The highest BCUT2D eigenvalue weighted by atomic mass is 16.2. The minimum absolute atomic E-state index is 0.111. The summed E-state index contributed by atoms with van der Waals surface area (Å²) in [5.74, 6) is 1.06. The number of amides is 1. The smallest absolute Gasteiger partial charge is 0.247 e. The molecule has 1 saturated heterocycles. The number of carbonyl (C=O) groups is 1. The molecule has 0 spiro atoms. The van der Waals surface area contributed by atoms with E-state index in [0.29, 0.717) is 6.04 Å². The first-order chi connectivity index (χ1) is 13.2. The van der Waals surface area contributed by atoms with Gasteiger partial charge < -0.3 is 10.2 Å². The zero-order chi connectivity index (χ0) is 18.8. The molecule has 4 rings (SSSR count). The Bertz CT molecular complexity index is 803. The molecule has 1 saturated carbocycles. The maximum Gasteiger partial charge on any atom is 0.247 e. The Hall–Kier alpha value is -2.43. The van der Waals surface area contributed by atoms with Crippen molar-refractivity contribution in [3.05, 3.63) is 47.4 Å². The highest BCUT2D eigenvalue weighted by molar-refractivity contribution is 6.10. The Labute approximate surface area is 161 Å². The quantitative estimate of drug-likeness (QED) is 0.877. The van der Waals surface area contributed by atoms with Gasteiger partial charge in [0.15, 0.2) is 5.84 Å². The van der Waals surface area contributed by atoms with Crippen molar-refractivity contribution in [2.24, 2.45) is 4.99 Å². The average molecular weight is 364 g/mol. The maximum atomic E-state index is 12.8. The molecule has 3 heterocycles. The van der Waals surface area contributed by atoms with Gasteiger partial charge in [-0.05, 0) is 49.8 Å². The molecule has 2 fully saturated rings. The fourth-order valence-electron chi connectivity index (χ4n) is 4.53. The molecule has 3 aliphatic rings. The van der Waals surface area contributed by atoms with Crippen molar-refractivity contribution in [3.8, 4) is 0 Å². The molecular formula is C22H28N4O. The van der Waals surface area contributed by atoms with Crippen molar-refractivity contribution >= 4 is 17.4 Å². The summed E-state index contributed by atoms with van der Waals surface area (Å²) in [4.78, 5) is 24.5. The Morgan fingerprint density at radius 2 is 1.93 bits per heavy atom. The number of amidine groups is 1. The van der Waals surface area contributed by atoms with Crippen LogP contribution in [0.25, 0.3) is 5.70 Å². The maximum absolute atomic E-state index is 12.8. The Balaban J connectivity index is 1.84. The topological polar surface area (TPSA) is 57.6 Å². The number of fused-ring (bicyclic) bond motifs is 1. The van der Waals surface area contributed by atoms with Crippen molar-refractivity contribution in [2.45, 2.75) is 70.9 Å². The van der Waals surface area contributed by atoms with E-state index in [9.17, 15) is 4.79 Å². The number of carbonyl (C=O) groups excluding carboxylic acids is 1. The summed E-state index contributed by atoms with van der Waals surface area (Å²) < 4.78 is 0. The standard InChI is InChI=1S/C22H28N4O/c1-3-15-9-10-18-21(25-20(15)16-11-13-23-14-12-16)26(17-7-5-6-8-17)19(4-2)22(27)24-18/h10-14,17,19H,3-9H2,1-2H3,(H,24,27). The fraction of sp³-hybridized carbons (Fsp3) is 0.500. The van der Waals surface area contributed by atoms with Crippen LogP contribution in [0.2, 0.25) is 0 Å². The van der Waals surface area contributed by atoms with Crippen molar-refractivity contribution in [1.29, 1.82) is 0 Å². The minimum atomic E-state index is -0.133. The van der Waals surface area contributed by atoms with Gasteiger partial charge in [-0.3, -0.25) is 9.78 Å². The van der Waals surface area contributed by atoms with Crippen LogP contribution >= 0.6 is 0 Å². The third-order valence-corrected chi connectivity index (χ3v) is 5.97. The molecule has 1 N–H and O–H groups in total. The molecule has 1 aromatic rings. The predicted octanol–water partition coefficient (Wildman–Crippen LogP) is 4.04. The summed E-state index contributed by atoms with van der Waals surface area (Å²) in [6.45, 7) is 4.27. The first-order valence-corrected chi connectivity index (χ1v) is 10.2. The van der Waals surface area contributed by atoms with Crippen LogP contribution in [0.3, 0.4) is 0 Å². The molecule has 1 aliphatic carbocycles. The second-order valence-electron chi connectivity index (χ2n) is 7.56. The van der Waals surface area contributed by atoms with E-state index in [0.717, 1.165) is 54.9 Å². The van der Waals surface area contributed by atoms with Gasteiger partial charge in [-0.1, -0.05) is 32.8 Å². The lowest BCUT2D eigenvalue weighted by molar-refractivity contribution is -0.125. The van der Waals surface area contributed by atoms with Crippen LogP contribution < -0.4 is 5.32 Å². The van der Waals surface area contributed by atoms with Crippen molar-refractivity contribution in [1.82, 2.24) is 15.2 Å². The second kappa shape index (κ2) is 7.67. The van der Waals surface area contributed by atoms with Gasteiger partial charge in [0.2, 0.25) is 5.91 Å². The van der Waals surface area contributed by atoms with E-state index in [1.807, 2.05) is 24.5 Å². The molecule has 142 valence electrons. The van der Waals surface area contributed by atoms with E-state index < -0.39 is 0 Å². The minimum Gasteiger partial charge on any atom is -0.340 e. The predicted molar refractivity (Wildman–Crippen MR) is 108 cm³/mol. The first-order valence-electron chi connectivity index (χ1n) is 10.2. The number of aliphatic imine (C=N–C) groups is 1. The van der Waals surface area contributed by atoms with Gasteiger partial charge in [0.05, 0.1) is 11.4 Å². The number of aromatic nitrogens is 1. The van der Waals surface area contributed by atoms with Crippen LogP contribution in [0.5, 0.6) is 0 Å². The second-order valence-corrected chi connectivity index (χ2v) is 7.56. The first kappa shape index (κ1) is 18.0.